The number of sulfonamides is 1. The lowest BCUT2D eigenvalue weighted by Gasteiger charge is -2.38. The molecule has 1 saturated heterocycles. The number of nitrogens with one attached hydrogen (secondary N) is 1. The number of rotatable bonds is 7. The molecule has 1 fully saturated rings. The highest BCUT2D eigenvalue weighted by Gasteiger charge is 2.25. The number of alkyl halides is 1. The Kier molecular flexibility index (Phi) is 6.88. The smallest absolute Gasteiger partial charge is 0.225 e. The first-order valence-electron chi connectivity index (χ1n) is 8.05. The van der Waals surface area contributed by atoms with Crippen LogP contribution in [0.15, 0.2) is 24.3 Å². The second-order valence-electron chi connectivity index (χ2n) is 6.41. The number of benzene rings is 1. The second kappa shape index (κ2) is 8.49. The first-order valence-corrected chi connectivity index (χ1v) is 10.2. The van der Waals surface area contributed by atoms with Crippen molar-refractivity contribution in [3.05, 3.63) is 29.8 Å². The number of likely N-dealkylation sites (N-methyl/N-ethyl adjacent to an activating group) is 1. The summed E-state index contributed by atoms with van der Waals surface area (Å²) >= 11 is 5.51. The lowest BCUT2D eigenvalue weighted by atomic mass is 10.0. The van der Waals surface area contributed by atoms with Crippen LogP contribution in [-0.4, -0.2) is 77.3 Å². The molecule has 24 heavy (non-hydrogen) atoms. The van der Waals surface area contributed by atoms with Crippen LogP contribution in [0.4, 0.5) is 5.69 Å². The maximum Gasteiger partial charge on any atom is 0.225 e. The van der Waals surface area contributed by atoms with Crippen molar-refractivity contribution in [3.8, 4) is 0 Å². The molecule has 0 spiro atoms. The molecule has 0 radical (unpaired) electrons. The molecule has 1 unspecified atom stereocenters. The van der Waals surface area contributed by atoms with Gasteiger partial charge < -0.3 is 9.80 Å². The average Bonchev–Trinajstić information content (AvgIpc) is 2.57. The molecule has 1 atom stereocenters. The molecule has 0 saturated carbocycles. The highest BCUT2D eigenvalue weighted by Crippen LogP contribution is 2.24. The minimum absolute atomic E-state index is 0.00732. The predicted octanol–water partition coefficient (Wildman–Crippen LogP) is 1.16. The van der Waals surface area contributed by atoms with Crippen molar-refractivity contribution in [1.82, 2.24) is 14.5 Å². The Balaban J connectivity index is 2.18. The minimum atomic E-state index is -3.42. The SMILES string of the molecule is CN1CCN(C(CNS(=O)(=O)CCl)c2ccc(N(C)C)cc2)CC1. The van der Waals surface area contributed by atoms with Gasteiger partial charge in [-0.2, -0.15) is 0 Å². The van der Waals surface area contributed by atoms with Crippen LogP contribution in [0.1, 0.15) is 11.6 Å². The van der Waals surface area contributed by atoms with E-state index in [1.54, 1.807) is 0 Å². The Morgan fingerprint density at radius 3 is 2.25 bits per heavy atom. The minimum Gasteiger partial charge on any atom is -0.378 e. The van der Waals surface area contributed by atoms with Crippen LogP contribution < -0.4 is 9.62 Å². The predicted molar refractivity (Wildman–Crippen MR) is 100 cm³/mol. The van der Waals surface area contributed by atoms with Gasteiger partial charge in [0.15, 0.2) is 0 Å². The third-order valence-electron chi connectivity index (χ3n) is 4.41. The molecule has 0 aromatic heterocycles. The lowest BCUT2D eigenvalue weighted by Crippen LogP contribution is -2.48. The number of hydrogen-bond donors (Lipinski definition) is 1. The van der Waals surface area contributed by atoms with Gasteiger partial charge in [-0.05, 0) is 24.7 Å². The summed E-state index contributed by atoms with van der Waals surface area (Å²) in [5, 5.41) is -0.415. The van der Waals surface area contributed by atoms with E-state index in [0.29, 0.717) is 6.54 Å². The standard InChI is InChI=1S/C16H27ClN4O2S/c1-19(2)15-6-4-14(5-7-15)16(12-18-24(22,23)13-17)21-10-8-20(3)9-11-21/h4-7,16,18H,8-13H2,1-3H3. The third-order valence-corrected chi connectivity index (χ3v) is 6.17. The van der Waals surface area contributed by atoms with Crippen molar-refractivity contribution >= 4 is 27.3 Å². The van der Waals surface area contributed by atoms with Crippen molar-refractivity contribution < 1.29 is 8.42 Å². The van der Waals surface area contributed by atoms with Crippen molar-refractivity contribution in [2.45, 2.75) is 6.04 Å². The Labute approximate surface area is 150 Å². The van der Waals surface area contributed by atoms with Gasteiger partial charge in [0.05, 0.1) is 0 Å². The van der Waals surface area contributed by atoms with E-state index in [1.807, 2.05) is 19.0 Å². The first-order chi connectivity index (χ1) is 11.3. The quantitative estimate of drug-likeness (QED) is 0.726. The molecule has 1 aliphatic rings. The average molecular weight is 375 g/mol. The summed E-state index contributed by atoms with van der Waals surface area (Å²) in [5.74, 6) is 0. The maximum atomic E-state index is 11.7. The Bertz CT molecular complexity index is 613. The number of nitrogens with zero attached hydrogens (tertiary/aromatic N) is 3. The van der Waals surface area contributed by atoms with Crippen molar-refractivity contribution in [1.29, 1.82) is 0 Å². The van der Waals surface area contributed by atoms with Crippen LogP contribution in [0.5, 0.6) is 0 Å². The molecular weight excluding hydrogens is 348 g/mol. The maximum absolute atomic E-state index is 11.7. The zero-order valence-electron chi connectivity index (χ0n) is 14.6. The van der Waals surface area contributed by atoms with E-state index in [9.17, 15) is 8.42 Å². The first kappa shape index (κ1) is 19.5. The van der Waals surface area contributed by atoms with E-state index in [1.165, 1.54) is 0 Å². The molecule has 1 heterocycles. The summed E-state index contributed by atoms with van der Waals surface area (Å²) in [4.78, 5) is 6.66. The molecule has 0 bridgehead atoms. The van der Waals surface area contributed by atoms with E-state index in [-0.39, 0.29) is 6.04 Å². The second-order valence-corrected chi connectivity index (χ2v) is 8.80. The van der Waals surface area contributed by atoms with Gasteiger partial charge in [0.1, 0.15) is 5.21 Å². The summed E-state index contributed by atoms with van der Waals surface area (Å²) < 4.78 is 26.1. The Morgan fingerprint density at radius 2 is 1.75 bits per heavy atom. The zero-order valence-corrected chi connectivity index (χ0v) is 16.1. The Morgan fingerprint density at radius 1 is 1.17 bits per heavy atom. The molecule has 1 N–H and O–H groups in total. The molecule has 2 rings (SSSR count). The number of anilines is 1. The largest absolute Gasteiger partial charge is 0.378 e. The summed E-state index contributed by atoms with van der Waals surface area (Å²) in [7, 11) is 2.69. The molecule has 1 aromatic rings. The molecular formula is C16H27ClN4O2S. The van der Waals surface area contributed by atoms with Crippen molar-refractivity contribution in [3.63, 3.8) is 0 Å². The fraction of sp³-hybridized carbons (Fsp3) is 0.625. The normalized spacial score (nSPS) is 18.5. The van der Waals surface area contributed by atoms with Crippen LogP contribution >= 0.6 is 11.6 Å². The Hall–Kier alpha value is -0.860. The van der Waals surface area contributed by atoms with E-state index in [2.05, 4.69) is 45.8 Å². The highest BCUT2D eigenvalue weighted by molar-refractivity contribution is 7.90. The van der Waals surface area contributed by atoms with E-state index < -0.39 is 15.2 Å². The van der Waals surface area contributed by atoms with Crippen LogP contribution in [0, 0.1) is 0 Å². The van der Waals surface area contributed by atoms with Gasteiger partial charge in [0.2, 0.25) is 10.0 Å². The van der Waals surface area contributed by atoms with E-state index >= 15 is 0 Å². The van der Waals surface area contributed by atoms with E-state index in [4.69, 9.17) is 11.6 Å². The van der Waals surface area contributed by atoms with Gasteiger partial charge in [-0.3, -0.25) is 4.90 Å². The van der Waals surface area contributed by atoms with Gasteiger partial charge in [-0.25, -0.2) is 13.1 Å². The van der Waals surface area contributed by atoms with Crippen LogP contribution in [-0.2, 0) is 10.0 Å². The molecule has 6 nitrogen and oxygen atoms in total. The number of piperazine rings is 1. The fourth-order valence-electron chi connectivity index (χ4n) is 2.83. The molecule has 0 aliphatic carbocycles. The summed E-state index contributed by atoms with van der Waals surface area (Å²) in [6.07, 6.45) is 0. The third kappa shape index (κ3) is 5.32. The van der Waals surface area contributed by atoms with Gasteiger partial charge in [0.25, 0.3) is 0 Å². The van der Waals surface area contributed by atoms with Crippen LogP contribution in [0.2, 0.25) is 0 Å². The fourth-order valence-corrected chi connectivity index (χ4v) is 3.55. The topological polar surface area (TPSA) is 55.9 Å². The zero-order chi connectivity index (χ0) is 17.7. The molecule has 136 valence electrons. The van der Waals surface area contributed by atoms with Gasteiger partial charge >= 0.3 is 0 Å². The molecule has 1 aliphatic heterocycles. The van der Waals surface area contributed by atoms with Gasteiger partial charge in [-0.1, -0.05) is 12.1 Å². The van der Waals surface area contributed by atoms with Crippen LogP contribution in [0.3, 0.4) is 0 Å². The van der Waals surface area contributed by atoms with E-state index in [0.717, 1.165) is 37.4 Å². The summed E-state index contributed by atoms with van der Waals surface area (Å²) in [5.41, 5.74) is 2.24. The van der Waals surface area contributed by atoms with Gasteiger partial charge in [-0.15, -0.1) is 11.6 Å². The summed E-state index contributed by atoms with van der Waals surface area (Å²) in [6.45, 7) is 4.13. The van der Waals surface area contributed by atoms with Gasteiger partial charge in [0, 0.05) is 58.5 Å². The molecule has 1 aromatic carbocycles. The van der Waals surface area contributed by atoms with Crippen molar-refractivity contribution in [2.75, 3.05) is 64.0 Å². The molecule has 8 heteroatoms. The number of halogens is 1. The van der Waals surface area contributed by atoms with Crippen molar-refractivity contribution in [2.24, 2.45) is 0 Å². The number of hydrogen-bond acceptors (Lipinski definition) is 5. The summed E-state index contributed by atoms with van der Waals surface area (Å²) in [6, 6.07) is 8.29. The highest BCUT2D eigenvalue weighted by atomic mass is 35.5. The monoisotopic (exact) mass is 374 g/mol. The molecule has 0 amide bonds. The lowest BCUT2D eigenvalue weighted by molar-refractivity contribution is 0.113. The van der Waals surface area contributed by atoms with Crippen LogP contribution in [0.25, 0.3) is 0 Å².